The molecule has 0 saturated heterocycles. The van der Waals surface area contributed by atoms with Crippen LogP contribution < -0.4 is 0 Å². The maximum Gasteiger partial charge on any atom is 0.00845 e. The van der Waals surface area contributed by atoms with Crippen LogP contribution in [0.25, 0.3) is 88.5 Å². The Morgan fingerprint density at radius 2 is 1.00 bits per heavy atom. The van der Waals surface area contributed by atoms with E-state index in [4.69, 9.17) is 0 Å². The fourth-order valence-corrected chi connectivity index (χ4v) is 8.38. The summed E-state index contributed by atoms with van der Waals surface area (Å²) in [5, 5.41) is 7.68. The number of hydrogen-bond donors (Lipinski definition) is 0. The first kappa shape index (κ1) is 29.7. The molecule has 240 valence electrons. The maximum atomic E-state index is 2.35. The first-order valence-corrected chi connectivity index (χ1v) is 17.9. The van der Waals surface area contributed by atoms with Crippen molar-refractivity contribution in [1.82, 2.24) is 0 Å². The van der Waals surface area contributed by atoms with Crippen LogP contribution in [0.2, 0.25) is 0 Å². The number of benzene rings is 8. The molecule has 0 amide bonds. The summed E-state index contributed by atoms with van der Waals surface area (Å²) in [6.07, 6.45) is 11.3. The highest BCUT2D eigenvalue weighted by molar-refractivity contribution is 6.18. The fraction of sp³-hybridized carbons (Fsp3) is 0.0588. The molecule has 0 atom stereocenters. The van der Waals surface area contributed by atoms with E-state index in [1.54, 1.807) is 0 Å². The summed E-state index contributed by atoms with van der Waals surface area (Å²) in [5.41, 5.74) is 15.3. The first-order valence-electron chi connectivity index (χ1n) is 17.9. The van der Waals surface area contributed by atoms with Crippen molar-refractivity contribution in [3.05, 3.63) is 193 Å². The molecule has 51 heavy (non-hydrogen) atoms. The second-order valence-corrected chi connectivity index (χ2v) is 14.6. The summed E-state index contributed by atoms with van der Waals surface area (Å²) in [7, 11) is 0. The third kappa shape index (κ3) is 4.90. The molecule has 0 unspecified atom stereocenters. The van der Waals surface area contributed by atoms with Gasteiger partial charge >= 0.3 is 0 Å². The van der Waals surface area contributed by atoms with Gasteiger partial charge in [-0.2, -0.15) is 0 Å². The van der Waals surface area contributed by atoms with E-state index in [9.17, 15) is 0 Å². The molecule has 0 spiro atoms. The Kier molecular flexibility index (Phi) is 6.63. The molecule has 10 rings (SSSR count). The fourth-order valence-electron chi connectivity index (χ4n) is 8.38. The molecule has 0 heteroatoms. The molecule has 0 aromatic heterocycles. The quantitative estimate of drug-likeness (QED) is 0.179. The van der Waals surface area contributed by atoms with E-state index >= 15 is 0 Å². The molecule has 0 saturated carbocycles. The normalized spacial score (nSPS) is 14.2. The number of allylic oxidation sites excluding steroid dienone is 5. The highest BCUT2D eigenvalue weighted by Gasteiger charge is 2.23. The van der Waals surface area contributed by atoms with Crippen molar-refractivity contribution in [2.24, 2.45) is 0 Å². The van der Waals surface area contributed by atoms with Crippen molar-refractivity contribution in [3.8, 4) is 44.5 Å². The second-order valence-electron chi connectivity index (χ2n) is 14.6. The Bertz CT molecular complexity index is 2790. The molecule has 0 radical (unpaired) electrons. The van der Waals surface area contributed by atoms with Crippen molar-refractivity contribution >= 4 is 44.0 Å². The van der Waals surface area contributed by atoms with Crippen LogP contribution in [-0.4, -0.2) is 0 Å². The Labute approximate surface area is 299 Å². The second kappa shape index (κ2) is 11.4. The van der Waals surface area contributed by atoms with E-state index in [1.807, 2.05) is 0 Å². The van der Waals surface area contributed by atoms with E-state index in [-0.39, 0.29) is 5.41 Å². The highest BCUT2D eigenvalue weighted by Crippen LogP contribution is 2.49. The molecule has 0 nitrogen and oxygen atoms in total. The van der Waals surface area contributed by atoms with Crippen LogP contribution in [0.3, 0.4) is 0 Å². The lowest BCUT2D eigenvalue weighted by atomic mass is 9.81. The minimum Gasteiger partial charge on any atom is -0.0738 e. The van der Waals surface area contributed by atoms with Gasteiger partial charge in [-0.05, 0) is 123 Å². The van der Waals surface area contributed by atoms with Crippen LogP contribution in [0.1, 0.15) is 30.5 Å². The highest BCUT2D eigenvalue weighted by atomic mass is 14.3. The minimum absolute atomic E-state index is 0.0761. The summed E-state index contributed by atoms with van der Waals surface area (Å²) in [4.78, 5) is 0. The van der Waals surface area contributed by atoms with Gasteiger partial charge in [-0.15, -0.1) is 0 Å². The molecular weight excluding hydrogens is 613 g/mol. The molecule has 0 bridgehead atoms. The average molecular weight is 649 g/mol. The lowest BCUT2D eigenvalue weighted by Crippen LogP contribution is -2.14. The van der Waals surface area contributed by atoms with Crippen LogP contribution in [0, 0.1) is 0 Å². The van der Waals surface area contributed by atoms with Gasteiger partial charge in [0, 0.05) is 5.41 Å². The molecule has 8 aromatic carbocycles. The zero-order valence-electron chi connectivity index (χ0n) is 28.8. The monoisotopic (exact) mass is 648 g/mol. The predicted octanol–water partition coefficient (Wildman–Crippen LogP) is 14.1. The smallest absolute Gasteiger partial charge is 0.00845 e. The zero-order chi connectivity index (χ0) is 34.1. The van der Waals surface area contributed by atoms with Crippen LogP contribution in [0.15, 0.2) is 176 Å². The van der Waals surface area contributed by atoms with Gasteiger partial charge in [-0.1, -0.05) is 172 Å². The number of rotatable bonds is 3. The van der Waals surface area contributed by atoms with Gasteiger partial charge < -0.3 is 0 Å². The van der Waals surface area contributed by atoms with E-state index in [1.165, 1.54) is 99.1 Å². The maximum absolute atomic E-state index is 2.35. The molecule has 2 aliphatic rings. The van der Waals surface area contributed by atoms with Crippen molar-refractivity contribution in [2.45, 2.75) is 19.3 Å². The van der Waals surface area contributed by atoms with Crippen LogP contribution in [0.5, 0.6) is 0 Å². The Morgan fingerprint density at radius 1 is 0.412 bits per heavy atom. The Hall–Kier alpha value is -6.24. The SMILES string of the molecule is CC1(C)C=CC(c2ccc3ccc(-c4ccc5cc(-c6ccc7c8c(cccc68)-c6ccccc6-7)ccc5c4)cc3c2)=CC=Cc2ccccc21. The summed E-state index contributed by atoms with van der Waals surface area (Å²) >= 11 is 0. The molecule has 2 aliphatic carbocycles. The minimum atomic E-state index is -0.0761. The van der Waals surface area contributed by atoms with Crippen molar-refractivity contribution < 1.29 is 0 Å². The van der Waals surface area contributed by atoms with Crippen molar-refractivity contribution in [1.29, 1.82) is 0 Å². The standard InChI is InChI=1S/C51H36/c1-51(2)28-27-33(10-7-11-35-9-3-6-16-49(35)51)36-19-17-34-18-20-40(32-42(34)31-36)37-21-22-39-30-41(24-23-38(39)29-37)43-25-26-48-45-13-5-4-12-44(45)47-15-8-14-46(43)50(47)48/h3-32H,1-2H3. The van der Waals surface area contributed by atoms with Gasteiger partial charge in [0.25, 0.3) is 0 Å². The molecule has 0 heterocycles. The lowest BCUT2D eigenvalue weighted by Gasteiger charge is -2.23. The predicted molar refractivity (Wildman–Crippen MR) is 220 cm³/mol. The van der Waals surface area contributed by atoms with Crippen LogP contribution in [0.4, 0.5) is 0 Å². The summed E-state index contributed by atoms with van der Waals surface area (Å²) < 4.78 is 0. The Balaban J connectivity index is 0.990. The van der Waals surface area contributed by atoms with E-state index in [0.29, 0.717) is 0 Å². The van der Waals surface area contributed by atoms with Gasteiger partial charge in [0.15, 0.2) is 0 Å². The molecule has 0 aliphatic heterocycles. The zero-order valence-corrected chi connectivity index (χ0v) is 28.8. The van der Waals surface area contributed by atoms with Gasteiger partial charge in [0.05, 0.1) is 0 Å². The molecule has 0 fully saturated rings. The van der Waals surface area contributed by atoms with E-state index in [0.717, 1.165) is 0 Å². The lowest BCUT2D eigenvalue weighted by molar-refractivity contribution is 0.669. The van der Waals surface area contributed by atoms with Crippen molar-refractivity contribution in [3.63, 3.8) is 0 Å². The third-order valence-corrected chi connectivity index (χ3v) is 11.1. The van der Waals surface area contributed by atoms with Gasteiger partial charge in [-0.3, -0.25) is 0 Å². The Morgan fingerprint density at radius 3 is 1.80 bits per heavy atom. The van der Waals surface area contributed by atoms with Crippen molar-refractivity contribution in [2.75, 3.05) is 0 Å². The van der Waals surface area contributed by atoms with E-state index in [2.05, 4.69) is 196 Å². The van der Waals surface area contributed by atoms with Gasteiger partial charge in [-0.25, -0.2) is 0 Å². The first-order chi connectivity index (χ1) is 25.0. The van der Waals surface area contributed by atoms with Gasteiger partial charge in [0.2, 0.25) is 0 Å². The summed E-state index contributed by atoms with van der Waals surface area (Å²) in [5.74, 6) is 0. The largest absolute Gasteiger partial charge is 0.0738 e. The number of hydrogen-bond acceptors (Lipinski definition) is 0. The molecule has 0 N–H and O–H groups in total. The molecule has 8 aromatic rings. The van der Waals surface area contributed by atoms with Crippen LogP contribution >= 0.6 is 0 Å². The number of fused-ring (bicyclic) bond motifs is 6. The summed E-state index contributed by atoms with van der Waals surface area (Å²) in [6.45, 7) is 4.59. The summed E-state index contributed by atoms with van der Waals surface area (Å²) in [6, 6.07) is 56.4. The molecular formula is C51H36. The average Bonchev–Trinajstić information content (AvgIpc) is 3.52. The third-order valence-electron chi connectivity index (χ3n) is 11.1. The van der Waals surface area contributed by atoms with E-state index < -0.39 is 0 Å². The van der Waals surface area contributed by atoms with Crippen LogP contribution in [-0.2, 0) is 5.41 Å². The topological polar surface area (TPSA) is 0 Å². The van der Waals surface area contributed by atoms with Gasteiger partial charge in [0.1, 0.15) is 0 Å².